The molecule has 0 bridgehead atoms. The average molecular weight is 458 g/mol. The summed E-state index contributed by atoms with van der Waals surface area (Å²) in [4.78, 5) is 36.3. The molecule has 4 rings (SSSR count). The van der Waals surface area contributed by atoms with E-state index in [2.05, 4.69) is 0 Å². The normalized spacial score (nSPS) is 17.4. The number of benzene rings is 2. The number of carboxylic acids is 1. The van der Waals surface area contributed by atoms with Crippen molar-refractivity contribution in [1.82, 2.24) is 10.2 Å². The predicted molar refractivity (Wildman–Crippen MR) is 115 cm³/mol. The van der Waals surface area contributed by atoms with Gasteiger partial charge in [-0.1, -0.05) is 48.5 Å². The third-order valence-corrected chi connectivity index (χ3v) is 6.16. The van der Waals surface area contributed by atoms with Crippen LogP contribution in [0, 0.1) is 0 Å². The summed E-state index contributed by atoms with van der Waals surface area (Å²) in [7, 11) is 0. The Balaban J connectivity index is 1.34. The van der Waals surface area contributed by atoms with Crippen molar-refractivity contribution in [2.24, 2.45) is 0 Å². The van der Waals surface area contributed by atoms with Crippen LogP contribution in [0.3, 0.4) is 0 Å². The first kappa shape index (κ1) is 22.7. The first-order chi connectivity index (χ1) is 15.8. The maximum atomic E-state index is 14.5. The summed E-state index contributed by atoms with van der Waals surface area (Å²) in [6.45, 7) is -1.19. The number of alkyl carbamates (subject to hydrolysis) is 1. The van der Waals surface area contributed by atoms with E-state index in [1.54, 1.807) is 0 Å². The fourth-order valence-corrected chi connectivity index (χ4v) is 4.64. The van der Waals surface area contributed by atoms with Crippen molar-refractivity contribution < 1.29 is 33.0 Å². The number of halogens is 2. The van der Waals surface area contributed by atoms with Gasteiger partial charge in [0.2, 0.25) is 0 Å². The van der Waals surface area contributed by atoms with Crippen LogP contribution in [0.5, 0.6) is 0 Å². The number of rotatable bonds is 7. The molecule has 2 N–H and O–H groups in total. The lowest BCUT2D eigenvalue weighted by Crippen LogP contribution is -2.51. The highest BCUT2D eigenvalue weighted by molar-refractivity contribution is 5.85. The van der Waals surface area contributed by atoms with E-state index in [-0.39, 0.29) is 25.5 Å². The van der Waals surface area contributed by atoms with Gasteiger partial charge in [-0.15, -0.1) is 0 Å². The number of ether oxygens (including phenoxy) is 1. The minimum Gasteiger partial charge on any atom is -0.481 e. The van der Waals surface area contributed by atoms with Crippen LogP contribution in [-0.2, 0) is 14.3 Å². The molecule has 1 saturated heterocycles. The van der Waals surface area contributed by atoms with Crippen molar-refractivity contribution in [2.45, 2.75) is 37.1 Å². The first-order valence-corrected chi connectivity index (χ1v) is 10.8. The number of likely N-dealkylation sites (tertiary alicyclic amines) is 1. The molecule has 0 aromatic heterocycles. The number of nitrogens with zero attached hydrogens (tertiary/aromatic N) is 1. The third-order valence-electron chi connectivity index (χ3n) is 6.16. The van der Waals surface area contributed by atoms with Crippen LogP contribution in [0.1, 0.15) is 36.3 Å². The van der Waals surface area contributed by atoms with Gasteiger partial charge < -0.3 is 20.1 Å². The van der Waals surface area contributed by atoms with Crippen LogP contribution >= 0.6 is 0 Å². The van der Waals surface area contributed by atoms with Crippen LogP contribution in [0.15, 0.2) is 48.5 Å². The number of hydrogen-bond donors (Lipinski definition) is 2. The van der Waals surface area contributed by atoms with Crippen LogP contribution in [-0.4, -0.2) is 59.6 Å². The van der Waals surface area contributed by atoms with Gasteiger partial charge >= 0.3 is 18.0 Å². The molecule has 2 aromatic rings. The predicted octanol–water partition coefficient (Wildman–Crippen LogP) is 3.63. The van der Waals surface area contributed by atoms with Gasteiger partial charge in [0.15, 0.2) is 0 Å². The van der Waals surface area contributed by atoms with Crippen molar-refractivity contribution in [3.05, 3.63) is 59.7 Å². The summed E-state index contributed by atoms with van der Waals surface area (Å²) < 4.78 is 34.2. The molecule has 1 aliphatic heterocycles. The molecule has 2 amide bonds. The fraction of sp³-hybridized carbons (Fsp3) is 0.375. The molecular weight excluding hydrogens is 434 g/mol. The quantitative estimate of drug-likeness (QED) is 0.661. The van der Waals surface area contributed by atoms with Crippen molar-refractivity contribution in [3.63, 3.8) is 0 Å². The van der Waals surface area contributed by atoms with E-state index < -0.39 is 36.5 Å². The zero-order valence-corrected chi connectivity index (χ0v) is 17.8. The molecular formula is C24H24F2N2O5. The van der Waals surface area contributed by atoms with Crippen molar-refractivity contribution >= 4 is 18.0 Å². The topological polar surface area (TPSA) is 95.9 Å². The molecule has 1 heterocycles. The molecule has 1 atom stereocenters. The SMILES string of the molecule is O=C(O)CC1CCCN1C(=O)C(F)(F)CNC(=O)OCC1c2ccccc2-c2ccccc21. The number of fused-ring (bicyclic) bond motifs is 3. The zero-order chi connectivity index (χ0) is 23.6. The Morgan fingerprint density at radius 2 is 1.67 bits per heavy atom. The van der Waals surface area contributed by atoms with Crippen LogP contribution in [0.2, 0.25) is 0 Å². The van der Waals surface area contributed by atoms with Crippen LogP contribution in [0.25, 0.3) is 11.1 Å². The summed E-state index contributed by atoms with van der Waals surface area (Å²) in [5, 5.41) is 10.9. The summed E-state index contributed by atoms with van der Waals surface area (Å²) in [6.07, 6.45) is -0.623. The molecule has 7 nitrogen and oxygen atoms in total. The Morgan fingerprint density at radius 1 is 1.06 bits per heavy atom. The number of carbonyl (C=O) groups excluding carboxylic acids is 2. The van der Waals surface area contributed by atoms with Gasteiger partial charge in [0.1, 0.15) is 6.61 Å². The second kappa shape index (κ2) is 9.17. The number of alkyl halides is 2. The minimum absolute atomic E-state index is 0.0355. The Morgan fingerprint density at radius 3 is 2.27 bits per heavy atom. The summed E-state index contributed by atoms with van der Waals surface area (Å²) >= 11 is 0. The highest BCUT2D eigenvalue weighted by Crippen LogP contribution is 2.44. The van der Waals surface area contributed by atoms with E-state index in [1.165, 1.54) is 0 Å². The smallest absolute Gasteiger partial charge is 0.407 e. The van der Waals surface area contributed by atoms with Gasteiger partial charge in [-0.3, -0.25) is 9.59 Å². The molecule has 1 fully saturated rings. The largest absolute Gasteiger partial charge is 0.481 e. The maximum Gasteiger partial charge on any atom is 0.407 e. The lowest BCUT2D eigenvalue weighted by Gasteiger charge is -2.27. The summed E-state index contributed by atoms with van der Waals surface area (Å²) in [5.41, 5.74) is 4.07. The Hall–Kier alpha value is -3.49. The van der Waals surface area contributed by atoms with Gasteiger partial charge in [0, 0.05) is 18.5 Å². The van der Waals surface area contributed by atoms with E-state index in [0.717, 1.165) is 27.2 Å². The highest BCUT2D eigenvalue weighted by atomic mass is 19.3. The molecule has 0 spiro atoms. The number of carboxylic acid groups (broad SMARTS) is 1. The van der Waals surface area contributed by atoms with E-state index in [1.807, 2.05) is 53.8 Å². The third kappa shape index (κ3) is 4.67. The zero-order valence-electron chi connectivity index (χ0n) is 17.8. The van der Waals surface area contributed by atoms with E-state index in [0.29, 0.717) is 12.8 Å². The number of hydrogen-bond acceptors (Lipinski definition) is 4. The molecule has 33 heavy (non-hydrogen) atoms. The van der Waals surface area contributed by atoms with Gasteiger partial charge in [-0.25, -0.2) is 4.79 Å². The van der Waals surface area contributed by atoms with Crippen molar-refractivity contribution in [1.29, 1.82) is 0 Å². The van der Waals surface area contributed by atoms with Crippen molar-refractivity contribution in [3.8, 4) is 11.1 Å². The number of nitrogens with one attached hydrogen (secondary N) is 1. The Bertz CT molecular complexity index is 1030. The van der Waals surface area contributed by atoms with E-state index >= 15 is 0 Å². The molecule has 0 radical (unpaired) electrons. The maximum absolute atomic E-state index is 14.5. The lowest BCUT2D eigenvalue weighted by atomic mass is 9.98. The first-order valence-electron chi connectivity index (χ1n) is 10.8. The van der Waals surface area contributed by atoms with Crippen LogP contribution < -0.4 is 5.32 Å². The lowest BCUT2D eigenvalue weighted by molar-refractivity contribution is -0.158. The van der Waals surface area contributed by atoms with E-state index in [4.69, 9.17) is 9.84 Å². The number of carbonyl (C=O) groups is 3. The second-order valence-corrected chi connectivity index (χ2v) is 8.28. The van der Waals surface area contributed by atoms with Gasteiger partial charge in [0.25, 0.3) is 5.91 Å². The molecule has 1 aliphatic carbocycles. The molecule has 1 unspecified atom stereocenters. The monoisotopic (exact) mass is 458 g/mol. The van der Waals surface area contributed by atoms with Gasteiger partial charge in [-0.2, -0.15) is 8.78 Å². The van der Waals surface area contributed by atoms with E-state index in [9.17, 15) is 23.2 Å². The fourth-order valence-electron chi connectivity index (χ4n) is 4.64. The molecule has 0 saturated carbocycles. The van der Waals surface area contributed by atoms with Crippen molar-refractivity contribution in [2.75, 3.05) is 19.7 Å². The molecule has 2 aliphatic rings. The Kier molecular flexibility index (Phi) is 6.31. The second-order valence-electron chi connectivity index (χ2n) is 8.28. The molecule has 174 valence electrons. The summed E-state index contributed by atoms with van der Waals surface area (Å²) in [6, 6.07) is 14.7. The van der Waals surface area contributed by atoms with Gasteiger partial charge in [0.05, 0.1) is 13.0 Å². The van der Waals surface area contributed by atoms with Gasteiger partial charge in [-0.05, 0) is 35.1 Å². The average Bonchev–Trinajstić information content (AvgIpc) is 3.37. The number of amides is 2. The Labute approximate surface area is 189 Å². The molecule has 9 heteroatoms. The summed E-state index contributed by atoms with van der Waals surface area (Å²) in [5.74, 6) is -6.72. The molecule has 2 aromatic carbocycles. The number of aliphatic carboxylic acids is 1. The standard InChI is InChI=1S/C24H24F2N2O5/c25-24(26,22(31)28-11-5-6-15(28)12-21(29)30)14-27-23(32)33-13-20-18-9-3-1-7-16(18)17-8-2-4-10-19(17)20/h1-4,7-10,15,20H,5-6,11-14H2,(H,27,32)(H,29,30). The minimum atomic E-state index is -3.87. The van der Waals surface area contributed by atoms with Crippen LogP contribution in [0.4, 0.5) is 13.6 Å². The highest BCUT2D eigenvalue weighted by Gasteiger charge is 2.46.